The van der Waals surface area contributed by atoms with Crippen LogP contribution in [-0.4, -0.2) is 27.4 Å². The second-order valence-electron chi connectivity index (χ2n) is 6.95. The topological polar surface area (TPSA) is 66.9 Å². The lowest BCUT2D eigenvalue weighted by Crippen LogP contribution is -2.44. The van der Waals surface area contributed by atoms with Gasteiger partial charge in [-0.05, 0) is 44.2 Å². The van der Waals surface area contributed by atoms with Crippen molar-refractivity contribution < 1.29 is 4.79 Å². The number of hydrogen-bond acceptors (Lipinski definition) is 6. The van der Waals surface area contributed by atoms with Gasteiger partial charge in [0.2, 0.25) is 11.0 Å². The molecule has 1 saturated carbocycles. The summed E-state index contributed by atoms with van der Waals surface area (Å²) in [5.74, 6) is 0.661. The molecule has 7 heteroatoms. The quantitative estimate of drug-likeness (QED) is 0.696. The van der Waals surface area contributed by atoms with Crippen molar-refractivity contribution in [2.45, 2.75) is 62.1 Å². The van der Waals surface area contributed by atoms with Gasteiger partial charge in [-0.15, -0.1) is 10.2 Å². The highest BCUT2D eigenvalue weighted by molar-refractivity contribution is 8.02. The third-order valence-electron chi connectivity index (χ3n) is 4.88. The van der Waals surface area contributed by atoms with Gasteiger partial charge in [0.05, 0.1) is 5.25 Å². The number of anilines is 2. The zero-order valence-corrected chi connectivity index (χ0v) is 17.1. The first-order valence-electron chi connectivity index (χ1n) is 9.16. The van der Waals surface area contributed by atoms with Crippen LogP contribution in [0.5, 0.6) is 0 Å². The van der Waals surface area contributed by atoms with Gasteiger partial charge in [-0.3, -0.25) is 4.79 Å². The molecule has 0 aliphatic heterocycles. The van der Waals surface area contributed by atoms with Gasteiger partial charge in [-0.2, -0.15) is 0 Å². The minimum absolute atomic E-state index is 0.0948. The van der Waals surface area contributed by atoms with Crippen LogP contribution >= 0.6 is 23.1 Å². The van der Waals surface area contributed by atoms with Gasteiger partial charge in [0.15, 0.2) is 4.34 Å². The van der Waals surface area contributed by atoms with E-state index in [0.717, 1.165) is 27.1 Å². The molecule has 0 saturated heterocycles. The van der Waals surface area contributed by atoms with Crippen LogP contribution in [0.2, 0.25) is 0 Å². The van der Waals surface area contributed by atoms with Crippen LogP contribution in [0.25, 0.3) is 0 Å². The Balaban J connectivity index is 1.54. The van der Waals surface area contributed by atoms with Crippen LogP contribution in [0.4, 0.5) is 10.8 Å². The maximum Gasteiger partial charge on any atom is 0.233 e. The number of nitrogens with one attached hydrogen (secondary N) is 2. The number of hydrogen-bond donors (Lipinski definition) is 2. The molecule has 1 aliphatic rings. The van der Waals surface area contributed by atoms with Crippen LogP contribution in [0.15, 0.2) is 28.6 Å². The second kappa shape index (κ2) is 8.86. The monoisotopic (exact) mass is 390 g/mol. The highest BCUT2D eigenvalue weighted by atomic mass is 32.2. The molecule has 3 atom stereocenters. The first kappa shape index (κ1) is 19.2. The molecule has 26 heavy (non-hydrogen) atoms. The summed E-state index contributed by atoms with van der Waals surface area (Å²) < 4.78 is 0.806. The zero-order valence-electron chi connectivity index (χ0n) is 15.5. The number of thioether (sulfide) groups is 1. The Morgan fingerprint density at radius 2 is 2.04 bits per heavy atom. The van der Waals surface area contributed by atoms with Gasteiger partial charge in [0.1, 0.15) is 0 Å². The number of nitrogens with zero attached hydrogens (tertiary/aromatic N) is 2. The van der Waals surface area contributed by atoms with Gasteiger partial charge in [-0.1, -0.05) is 61.1 Å². The Hall–Kier alpha value is -1.60. The number of amides is 1. The van der Waals surface area contributed by atoms with E-state index in [1.165, 1.54) is 42.4 Å². The van der Waals surface area contributed by atoms with Gasteiger partial charge in [-0.25, -0.2) is 0 Å². The fourth-order valence-electron chi connectivity index (χ4n) is 3.17. The molecule has 1 fully saturated rings. The molecular weight excluding hydrogens is 364 g/mol. The third kappa shape index (κ3) is 4.98. The fraction of sp³-hybridized carbons (Fsp3) is 0.526. The van der Waals surface area contributed by atoms with Gasteiger partial charge >= 0.3 is 0 Å². The van der Waals surface area contributed by atoms with E-state index in [4.69, 9.17) is 0 Å². The van der Waals surface area contributed by atoms with Crippen molar-refractivity contribution in [3.63, 3.8) is 0 Å². The van der Waals surface area contributed by atoms with Crippen LogP contribution in [-0.2, 0) is 4.79 Å². The lowest BCUT2D eigenvalue weighted by atomic mass is 9.86. The van der Waals surface area contributed by atoms with Gasteiger partial charge in [0, 0.05) is 11.7 Å². The lowest BCUT2D eigenvalue weighted by Gasteiger charge is -2.30. The van der Waals surface area contributed by atoms with Crippen molar-refractivity contribution in [3.05, 3.63) is 29.8 Å². The minimum Gasteiger partial charge on any atom is -0.352 e. The number of carbonyl (C=O) groups is 1. The highest BCUT2D eigenvalue weighted by Crippen LogP contribution is 2.31. The third-order valence-corrected chi connectivity index (χ3v) is 6.90. The summed E-state index contributed by atoms with van der Waals surface area (Å²) in [4.78, 5) is 12.5. The number of benzene rings is 1. The molecule has 0 unspecified atom stereocenters. The van der Waals surface area contributed by atoms with Crippen molar-refractivity contribution in [3.8, 4) is 0 Å². The summed E-state index contributed by atoms with van der Waals surface area (Å²) in [5, 5.41) is 15.5. The van der Waals surface area contributed by atoms with E-state index in [1.807, 2.05) is 25.1 Å². The summed E-state index contributed by atoms with van der Waals surface area (Å²) in [6, 6.07) is 8.38. The standard InChI is InChI=1S/C19H26N4OS2/c1-12-8-4-6-10-15(12)20-17(24)14(3)25-19-23-22-18(26-19)21-16-11-7-5-9-13(16)2/h5,7,9,11-12,14-15H,4,6,8,10H2,1-3H3,(H,20,24)(H,21,22)/t12-,14+,15+/m0/s1. The lowest BCUT2D eigenvalue weighted by molar-refractivity contribution is -0.121. The molecule has 140 valence electrons. The first-order chi connectivity index (χ1) is 12.5. The summed E-state index contributed by atoms with van der Waals surface area (Å²) in [6.45, 7) is 6.22. The molecule has 1 heterocycles. The normalized spacial score (nSPS) is 21.2. The van der Waals surface area contributed by atoms with E-state index >= 15 is 0 Å². The number of para-hydroxylation sites is 1. The van der Waals surface area contributed by atoms with Crippen LogP contribution in [0, 0.1) is 12.8 Å². The summed E-state index contributed by atoms with van der Waals surface area (Å²) >= 11 is 2.95. The Kier molecular flexibility index (Phi) is 6.53. The molecule has 0 bridgehead atoms. The molecule has 1 aliphatic carbocycles. The zero-order chi connectivity index (χ0) is 18.5. The summed E-state index contributed by atoms with van der Waals surface area (Å²) in [7, 11) is 0. The molecular formula is C19H26N4OS2. The Labute approximate surface area is 163 Å². The van der Waals surface area contributed by atoms with Crippen molar-refractivity contribution in [1.82, 2.24) is 15.5 Å². The average molecular weight is 391 g/mol. The molecule has 1 aromatic carbocycles. The maximum absolute atomic E-state index is 12.5. The van der Waals surface area contributed by atoms with Crippen molar-refractivity contribution in [1.29, 1.82) is 0 Å². The van der Waals surface area contributed by atoms with Crippen molar-refractivity contribution in [2.24, 2.45) is 5.92 Å². The molecule has 1 aromatic heterocycles. The van der Waals surface area contributed by atoms with E-state index < -0.39 is 0 Å². The summed E-state index contributed by atoms with van der Waals surface area (Å²) in [5.41, 5.74) is 2.18. The Bertz CT molecular complexity index is 749. The molecule has 5 nitrogen and oxygen atoms in total. The van der Waals surface area contributed by atoms with Crippen molar-refractivity contribution >= 4 is 39.8 Å². The highest BCUT2D eigenvalue weighted by Gasteiger charge is 2.25. The van der Waals surface area contributed by atoms with Crippen molar-refractivity contribution in [2.75, 3.05) is 5.32 Å². The molecule has 1 amide bonds. The number of carbonyl (C=O) groups excluding carboxylic acids is 1. The van der Waals surface area contributed by atoms with Gasteiger partial charge < -0.3 is 10.6 Å². The van der Waals surface area contributed by atoms with E-state index in [1.54, 1.807) is 0 Å². The van der Waals surface area contributed by atoms with E-state index in [2.05, 4.69) is 40.7 Å². The molecule has 0 radical (unpaired) electrons. The van der Waals surface area contributed by atoms with Crippen LogP contribution in [0.3, 0.4) is 0 Å². The summed E-state index contributed by atoms with van der Waals surface area (Å²) in [6.07, 6.45) is 4.78. The van der Waals surface area contributed by atoms with Gasteiger partial charge in [0.25, 0.3) is 0 Å². The SMILES string of the molecule is Cc1ccccc1Nc1nnc(S[C@H](C)C(=O)N[C@@H]2CCCC[C@@H]2C)s1. The van der Waals surface area contributed by atoms with Crippen LogP contribution < -0.4 is 10.6 Å². The number of aryl methyl sites for hydroxylation is 1. The first-order valence-corrected chi connectivity index (χ1v) is 10.9. The smallest absolute Gasteiger partial charge is 0.233 e. The molecule has 2 N–H and O–H groups in total. The fourth-order valence-corrected chi connectivity index (χ4v) is 5.09. The molecule has 0 spiro atoms. The number of aromatic nitrogens is 2. The Morgan fingerprint density at radius 3 is 2.81 bits per heavy atom. The van der Waals surface area contributed by atoms with E-state index in [0.29, 0.717) is 12.0 Å². The predicted molar refractivity (Wildman–Crippen MR) is 109 cm³/mol. The molecule has 3 rings (SSSR count). The predicted octanol–water partition coefficient (Wildman–Crippen LogP) is 4.77. The van der Waals surface area contributed by atoms with E-state index in [9.17, 15) is 4.79 Å². The minimum atomic E-state index is -0.177. The Morgan fingerprint density at radius 1 is 1.27 bits per heavy atom. The largest absolute Gasteiger partial charge is 0.352 e. The number of rotatable bonds is 6. The second-order valence-corrected chi connectivity index (χ2v) is 9.52. The average Bonchev–Trinajstić information content (AvgIpc) is 3.06. The van der Waals surface area contributed by atoms with Crippen LogP contribution in [0.1, 0.15) is 45.1 Å². The maximum atomic E-state index is 12.5. The molecule has 2 aromatic rings. The van der Waals surface area contributed by atoms with E-state index in [-0.39, 0.29) is 11.2 Å².